The van der Waals surface area contributed by atoms with E-state index >= 15 is 0 Å². The number of hydrogen-bond donors (Lipinski definition) is 0. The highest BCUT2D eigenvalue weighted by atomic mass is 16.5. The molecule has 0 aliphatic rings. The molecular formula is C16H17NO3. The number of para-hydroxylation sites is 1. The van der Waals surface area contributed by atoms with Crippen LogP contribution in [0.3, 0.4) is 0 Å². The van der Waals surface area contributed by atoms with E-state index in [1.54, 1.807) is 44.4 Å². The van der Waals surface area contributed by atoms with Crippen LogP contribution >= 0.6 is 0 Å². The average molecular weight is 271 g/mol. The summed E-state index contributed by atoms with van der Waals surface area (Å²) < 4.78 is 10.4. The maximum atomic E-state index is 12.5. The zero-order valence-corrected chi connectivity index (χ0v) is 11.8. The predicted molar refractivity (Wildman–Crippen MR) is 78.7 cm³/mol. The number of rotatable bonds is 4. The molecule has 0 fully saturated rings. The molecule has 0 unspecified atom stereocenters. The maximum absolute atomic E-state index is 12.5. The molecule has 0 aliphatic heterocycles. The molecule has 20 heavy (non-hydrogen) atoms. The van der Waals surface area contributed by atoms with Gasteiger partial charge < -0.3 is 14.4 Å². The second kappa shape index (κ2) is 6.10. The zero-order chi connectivity index (χ0) is 14.5. The van der Waals surface area contributed by atoms with E-state index < -0.39 is 0 Å². The molecule has 0 heterocycles. The summed E-state index contributed by atoms with van der Waals surface area (Å²) >= 11 is 0. The van der Waals surface area contributed by atoms with E-state index in [4.69, 9.17) is 9.47 Å². The predicted octanol–water partition coefficient (Wildman–Crippen LogP) is 2.98. The fraction of sp³-hybridized carbons (Fsp3) is 0.188. The van der Waals surface area contributed by atoms with Gasteiger partial charge in [0.25, 0.3) is 5.91 Å². The first-order chi connectivity index (χ1) is 9.65. The topological polar surface area (TPSA) is 38.8 Å². The van der Waals surface area contributed by atoms with Gasteiger partial charge in [-0.15, -0.1) is 0 Å². The molecule has 1 amide bonds. The second-order valence-electron chi connectivity index (χ2n) is 4.30. The summed E-state index contributed by atoms with van der Waals surface area (Å²) in [6.07, 6.45) is 0. The molecule has 4 nitrogen and oxygen atoms in total. The van der Waals surface area contributed by atoms with E-state index in [9.17, 15) is 4.79 Å². The fourth-order valence-electron chi connectivity index (χ4n) is 1.89. The van der Waals surface area contributed by atoms with Gasteiger partial charge in [0.05, 0.1) is 14.2 Å². The van der Waals surface area contributed by atoms with Gasteiger partial charge in [-0.3, -0.25) is 4.79 Å². The first-order valence-corrected chi connectivity index (χ1v) is 6.22. The monoisotopic (exact) mass is 271 g/mol. The van der Waals surface area contributed by atoms with Crippen LogP contribution in [0.2, 0.25) is 0 Å². The molecule has 104 valence electrons. The lowest BCUT2D eigenvalue weighted by Gasteiger charge is -2.18. The Bertz CT molecular complexity index is 574. The van der Waals surface area contributed by atoms with E-state index in [0.29, 0.717) is 17.1 Å². The Morgan fingerprint density at radius 3 is 2.00 bits per heavy atom. The van der Waals surface area contributed by atoms with E-state index in [-0.39, 0.29) is 5.91 Å². The van der Waals surface area contributed by atoms with Crippen LogP contribution < -0.4 is 14.4 Å². The van der Waals surface area contributed by atoms with Gasteiger partial charge in [0.1, 0.15) is 11.5 Å². The van der Waals surface area contributed by atoms with Crippen molar-refractivity contribution in [3.8, 4) is 11.5 Å². The number of anilines is 1. The van der Waals surface area contributed by atoms with Gasteiger partial charge in [-0.05, 0) is 24.3 Å². The normalized spacial score (nSPS) is 9.95. The van der Waals surface area contributed by atoms with Gasteiger partial charge >= 0.3 is 0 Å². The number of nitrogens with zero attached hydrogens (tertiary/aromatic N) is 1. The standard InChI is InChI=1S/C16H17NO3/c1-17(13-7-5-4-6-8-13)16(18)12-9-14(19-2)11-15(10-12)20-3/h4-11H,1-3H3. The largest absolute Gasteiger partial charge is 0.497 e. The smallest absolute Gasteiger partial charge is 0.258 e. The van der Waals surface area contributed by atoms with Crippen molar-refractivity contribution in [3.63, 3.8) is 0 Å². The van der Waals surface area contributed by atoms with Gasteiger partial charge in [-0.2, -0.15) is 0 Å². The highest BCUT2D eigenvalue weighted by molar-refractivity contribution is 6.06. The van der Waals surface area contributed by atoms with Crippen molar-refractivity contribution in [1.82, 2.24) is 0 Å². The minimum absolute atomic E-state index is 0.117. The first-order valence-electron chi connectivity index (χ1n) is 6.22. The summed E-state index contributed by atoms with van der Waals surface area (Å²) in [5.74, 6) is 1.07. The van der Waals surface area contributed by atoms with E-state index in [1.165, 1.54) is 0 Å². The Morgan fingerprint density at radius 2 is 1.50 bits per heavy atom. The summed E-state index contributed by atoms with van der Waals surface area (Å²) in [6.45, 7) is 0. The summed E-state index contributed by atoms with van der Waals surface area (Å²) in [5.41, 5.74) is 1.35. The number of methoxy groups -OCH3 is 2. The van der Waals surface area contributed by atoms with Gasteiger partial charge in [0.2, 0.25) is 0 Å². The maximum Gasteiger partial charge on any atom is 0.258 e. The van der Waals surface area contributed by atoms with Crippen LogP contribution in [-0.2, 0) is 0 Å². The second-order valence-corrected chi connectivity index (χ2v) is 4.30. The fourth-order valence-corrected chi connectivity index (χ4v) is 1.89. The minimum atomic E-state index is -0.117. The third kappa shape index (κ3) is 2.91. The van der Waals surface area contributed by atoms with E-state index in [0.717, 1.165) is 5.69 Å². The molecule has 0 bridgehead atoms. The van der Waals surface area contributed by atoms with Gasteiger partial charge in [0, 0.05) is 24.4 Å². The molecule has 0 radical (unpaired) electrons. The van der Waals surface area contributed by atoms with Crippen LogP contribution in [0.4, 0.5) is 5.69 Å². The Balaban J connectivity index is 2.33. The number of hydrogen-bond acceptors (Lipinski definition) is 3. The highest BCUT2D eigenvalue weighted by Crippen LogP contribution is 2.24. The molecule has 0 aliphatic carbocycles. The zero-order valence-electron chi connectivity index (χ0n) is 11.8. The molecule has 2 aromatic rings. The highest BCUT2D eigenvalue weighted by Gasteiger charge is 2.15. The van der Waals surface area contributed by atoms with Crippen molar-refractivity contribution in [1.29, 1.82) is 0 Å². The third-order valence-electron chi connectivity index (χ3n) is 3.05. The molecule has 2 aromatic carbocycles. The quantitative estimate of drug-likeness (QED) is 0.858. The first kappa shape index (κ1) is 13.9. The molecular weight excluding hydrogens is 254 g/mol. The summed E-state index contributed by atoms with van der Waals surface area (Å²) in [6, 6.07) is 14.6. The SMILES string of the molecule is COc1cc(OC)cc(C(=O)N(C)c2ccccc2)c1. The summed E-state index contributed by atoms with van der Waals surface area (Å²) in [4.78, 5) is 14.1. The minimum Gasteiger partial charge on any atom is -0.497 e. The molecule has 0 spiro atoms. The average Bonchev–Trinajstić information content (AvgIpc) is 2.53. The summed E-state index contributed by atoms with van der Waals surface area (Å²) in [7, 11) is 4.86. The van der Waals surface area contributed by atoms with Crippen molar-refractivity contribution in [2.75, 3.05) is 26.2 Å². The van der Waals surface area contributed by atoms with Crippen molar-refractivity contribution in [3.05, 3.63) is 54.1 Å². The van der Waals surface area contributed by atoms with Gasteiger partial charge in [-0.1, -0.05) is 18.2 Å². The number of carbonyl (C=O) groups is 1. The van der Waals surface area contributed by atoms with Crippen molar-refractivity contribution < 1.29 is 14.3 Å². The van der Waals surface area contributed by atoms with Gasteiger partial charge in [0.15, 0.2) is 0 Å². The van der Waals surface area contributed by atoms with Crippen LogP contribution in [0.15, 0.2) is 48.5 Å². The van der Waals surface area contributed by atoms with Crippen LogP contribution in [0.1, 0.15) is 10.4 Å². The Kier molecular flexibility index (Phi) is 4.25. The molecule has 0 aromatic heterocycles. The lowest BCUT2D eigenvalue weighted by molar-refractivity contribution is 0.0992. The van der Waals surface area contributed by atoms with Crippen LogP contribution in [0.5, 0.6) is 11.5 Å². The third-order valence-corrected chi connectivity index (χ3v) is 3.05. The number of ether oxygens (including phenoxy) is 2. The number of carbonyl (C=O) groups excluding carboxylic acids is 1. The van der Waals surface area contributed by atoms with Crippen molar-refractivity contribution >= 4 is 11.6 Å². The number of amides is 1. The lowest BCUT2D eigenvalue weighted by atomic mass is 10.1. The molecule has 0 saturated carbocycles. The van der Waals surface area contributed by atoms with E-state index in [2.05, 4.69) is 0 Å². The molecule has 2 rings (SSSR count). The van der Waals surface area contributed by atoms with Crippen LogP contribution in [0.25, 0.3) is 0 Å². The van der Waals surface area contributed by atoms with Crippen molar-refractivity contribution in [2.45, 2.75) is 0 Å². The van der Waals surface area contributed by atoms with Crippen LogP contribution in [-0.4, -0.2) is 27.2 Å². The van der Waals surface area contributed by atoms with E-state index in [1.807, 2.05) is 30.3 Å². The van der Waals surface area contributed by atoms with Gasteiger partial charge in [-0.25, -0.2) is 0 Å². The number of benzene rings is 2. The molecule has 4 heteroatoms. The Hall–Kier alpha value is -2.49. The van der Waals surface area contributed by atoms with Crippen molar-refractivity contribution in [2.24, 2.45) is 0 Å². The molecule has 0 saturated heterocycles. The Morgan fingerprint density at radius 1 is 0.950 bits per heavy atom. The lowest BCUT2D eigenvalue weighted by Crippen LogP contribution is -2.26. The summed E-state index contributed by atoms with van der Waals surface area (Å²) in [5, 5.41) is 0. The Labute approximate surface area is 118 Å². The van der Waals surface area contributed by atoms with Crippen LogP contribution in [0, 0.1) is 0 Å². The molecule has 0 atom stereocenters. The molecule has 0 N–H and O–H groups in total.